The second-order valence-electron chi connectivity index (χ2n) is 4.33. The Bertz CT molecular complexity index is 649. The second kappa shape index (κ2) is 6.91. The smallest absolute Gasteiger partial charge is 0.237 e. The topological polar surface area (TPSA) is 29.1 Å². The zero-order valence-electron chi connectivity index (χ0n) is 11.1. The third-order valence-electron chi connectivity index (χ3n) is 2.68. The fraction of sp³-hybridized carbons (Fsp3) is 0.133. The summed E-state index contributed by atoms with van der Waals surface area (Å²) in [4.78, 5) is 12.5. The SMILES string of the molecule is CC(Sc1ccc(F)c(F)c1)C(=O)Nc1ccc(Cl)cc1. The Morgan fingerprint density at radius 2 is 1.81 bits per heavy atom. The van der Waals surface area contributed by atoms with Gasteiger partial charge in [0.2, 0.25) is 5.91 Å². The number of hydrogen-bond donors (Lipinski definition) is 1. The Balaban J connectivity index is 1.98. The summed E-state index contributed by atoms with van der Waals surface area (Å²) < 4.78 is 26.0. The van der Waals surface area contributed by atoms with Gasteiger partial charge in [-0.15, -0.1) is 11.8 Å². The molecule has 0 radical (unpaired) electrons. The van der Waals surface area contributed by atoms with Crippen LogP contribution in [0.25, 0.3) is 0 Å². The van der Waals surface area contributed by atoms with Crippen molar-refractivity contribution in [3.05, 3.63) is 59.1 Å². The largest absolute Gasteiger partial charge is 0.325 e. The van der Waals surface area contributed by atoms with Crippen LogP contribution in [0, 0.1) is 11.6 Å². The summed E-state index contributed by atoms with van der Waals surface area (Å²) in [5, 5.41) is 2.86. The van der Waals surface area contributed by atoms with Crippen LogP contribution in [0.4, 0.5) is 14.5 Å². The molecule has 6 heteroatoms. The Morgan fingerprint density at radius 1 is 1.14 bits per heavy atom. The van der Waals surface area contributed by atoms with Crippen molar-refractivity contribution in [1.82, 2.24) is 0 Å². The van der Waals surface area contributed by atoms with E-state index in [-0.39, 0.29) is 5.91 Å². The molecule has 0 aliphatic heterocycles. The molecule has 110 valence electrons. The number of thioether (sulfide) groups is 1. The summed E-state index contributed by atoms with van der Waals surface area (Å²) in [6.45, 7) is 1.69. The molecule has 0 saturated carbocycles. The molecule has 0 aliphatic carbocycles. The first kappa shape index (κ1) is 15.8. The molecule has 2 aromatic rings. The Labute approximate surface area is 130 Å². The van der Waals surface area contributed by atoms with Gasteiger partial charge in [0.1, 0.15) is 0 Å². The molecule has 1 N–H and O–H groups in total. The molecule has 0 saturated heterocycles. The molecule has 1 unspecified atom stereocenters. The zero-order valence-corrected chi connectivity index (χ0v) is 12.6. The van der Waals surface area contributed by atoms with Gasteiger partial charge in [-0.05, 0) is 49.4 Å². The lowest BCUT2D eigenvalue weighted by Gasteiger charge is -2.12. The maximum atomic E-state index is 13.1. The number of halogens is 3. The number of nitrogens with one attached hydrogen (secondary N) is 1. The molecule has 0 heterocycles. The van der Waals surface area contributed by atoms with Crippen LogP contribution in [0.2, 0.25) is 5.02 Å². The molecule has 0 fully saturated rings. The second-order valence-corrected chi connectivity index (χ2v) is 6.18. The molecule has 0 bridgehead atoms. The average Bonchev–Trinajstić information content (AvgIpc) is 2.45. The number of rotatable bonds is 4. The van der Waals surface area contributed by atoms with Crippen molar-refractivity contribution in [2.24, 2.45) is 0 Å². The van der Waals surface area contributed by atoms with E-state index in [2.05, 4.69) is 5.32 Å². The highest BCUT2D eigenvalue weighted by molar-refractivity contribution is 8.00. The Kier molecular flexibility index (Phi) is 5.20. The van der Waals surface area contributed by atoms with Crippen LogP contribution in [0.3, 0.4) is 0 Å². The third kappa shape index (κ3) is 4.44. The molecule has 2 nitrogen and oxygen atoms in total. The van der Waals surface area contributed by atoms with Crippen molar-refractivity contribution in [1.29, 1.82) is 0 Å². The van der Waals surface area contributed by atoms with Gasteiger partial charge in [-0.2, -0.15) is 0 Å². The van der Waals surface area contributed by atoms with Crippen molar-refractivity contribution >= 4 is 35.0 Å². The van der Waals surface area contributed by atoms with Gasteiger partial charge >= 0.3 is 0 Å². The summed E-state index contributed by atoms with van der Waals surface area (Å²) >= 11 is 6.91. The predicted octanol–water partition coefficient (Wildman–Crippen LogP) is 4.74. The highest BCUT2D eigenvalue weighted by Crippen LogP contribution is 2.25. The van der Waals surface area contributed by atoms with E-state index in [1.807, 2.05) is 0 Å². The molecular formula is C15H12ClF2NOS. The molecule has 0 aromatic heterocycles. The zero-order chi connectivity index (χ0) is 15.4. The third-order valence-corrected chi connectivity index (χ3v) is 4.03. The lowest BCUT2D eigenvalue weighted by Crippen LogP contribution is -2.22. The van der Waals surface area contributed by atoms with Crippen molar-refractivity contribution in [2.75, 3.05) is 5.32 Å². The first-order valence-electron chi connectivity index (χ1n) is 6.14. The van der Waals surface area contributed by atoms with E-state index >= 15 is 0 Å². The fourth-order valence-electron chi connectivity index (χ4n) is 1.58. The summed E-state index contributed by atoms with van der Waals surface area (Å²) in [5.41, 5.74) is 0.627. The Morgan fingerprint density at radius 3 is 2.43 bits per heavy atom. The van der Waals surface area contributed by atoms with E-state index in [4.69, 9.17) is 11.6 Å². The van der Waals surface area contributed by atoms with Crippen LogP contribution in [-0.4, -0.2) is 11.2 Å². The summed E-state index contributed by atoms with van der Waals surface area (Å²) in [5.74, 6) is -2.06. The summed E-state index contributed by atoms with van der Waals surface area (Å²) in [6.07, 6.45) is 0. The summed E-state index contributed by atoms with van der Waals surface area (Å²) in [7, 11) is 0. The normalized spacial score (nSPS) is 12.0. The van der Waals surface area contributed by atoms with Gasteiger partial charge in [-0.3, -0.25) is 4.79 Å². The minimum absolute atomic E-state index is 0.230. The molecule has 21 heavy (non-hydrogen) atoms. The van der Waals surface area contributed by atoms with E-state index < -0.39 is 16.9 Å². The van der Waals surface area contributed by atoms with Crippen LogP contribution in [0.15, 0.2) is 47.4 Å². The standard InChI is InChI=1S/C15H12ClF2NOS/c1-9(21-12-6-7-13(17)14(18)8-12)15(20)19-11-4-2-10(16)3-5-11/h2-9H,1H3,(H,19,20). The molecular weight excluding hydrogens is 316 g/mol. The quantitative estimate of drug-likeness (QED) is 0.822. The molecule has 1 atom stereocenters. The number of hydrogen-bond acceptors (Lipinski definition) is 2. The van der Waals surface area contributed by atoms with Gasteiger partial charge in [0, 0.05) is 15.6 Å². The highest BCUT2D eigenvalue weighted by Gasteiger charge is 2.15. The van der Waals surface area contributed by atoms with Crippen LogP contribution >= 0.6 is 23.4 Å². The first-order valence-corrected chi connectivity index (χ1v) is 7.39. The van der Waals surface area contributed by atoms with Crippen LogP contribution in [-0.2, 0) is 4.79 Å². The van der Waals surface area contributed by atoms with Crippen LogP contribution < -0.4 is 5.32 Å². The first-order chi connectivity index (χ1) is 9.95. The minimum Gasteiger partial charge on any atom is -0.325 e. The Hall–Kier alpha value is -1.59. The number of carbonyl (C=O) groups excluding carboxylic acids is 1. The molecule has 0 aliphatic rings. The van der Waals surface area contributed by atoms with Crippen molar-refractivity contribution in [3.63, 3.8) is 0 Å². The number of carbonyl (C=O) groups is 1. The van der Waals surface area contributed by atoms with Gasteiger partial charge in [0.05, 0.1) is 5.25 Å². The molecule has 2 aromatic carbocycles. The molecule has 1 amide bonds. The van der Waals surface area contributed by atoms with Crippen molar-refractivity contribution < 1.29 is 13.6 Å². The lowest BCUT2D eigenvalue weighted by molar-refractivity contribution is -0.115. The minimum atomic E-state index is -0.926. The van der Waals surface area contributed by atoms with E-state index in [0.717, 1.165) is 23.9 Å². The van der Waals surface area contributed by atoms with E-state index in [9.17, 15) is 13.6 Å². The van der Waals surface area contributed by atoms with Gasteiger partial charge < -0.3 is 5.32 Å². The van der Waals surface area contributed by atoms with Gasteiger partial charge in [-0.1, -0.05) is 11.6 Å². The van der Waals surface area contributed by atoms with Gasteiger partial charge in [-0.25, -0.2) is 8.78 Å². The van der Waals surface area contributed by atoms with Crippen molar-refractivity contribution in [3.8, 4) is 0 Å². The van der Waals surface area contributed by atoms with Crippen LogP contribution in [0.1, 0.15) is 6.92 Å². The molecule has 2 rings (SSSR count). The fourth-order valence-corrected chi connectivity index (χ4v) is 2.60. The lowest BCUT2D eigenvalue weighted by atomic mass is 10.3. The van der Waals surface area contributed by atoms with Gasteiger partial charge in [0.25, 0.3) is 0 Å². The van der Waals surface area contributed by atoms with Crippen molar-refractivity contribution in [2.45, 2.75) is 17.1 Å². The molecule has 0 spiro atoms. The predicted molar refractivity (Wildman–Crippen MR) is 81.8 cm³/mol. The van der Waals surface area contributed by atoms with E-state index in [1.165, 1.54) is 6.07 Å². The number of anilines is 1. The monoisotopic (exact) mass is 327 g/mol. The van der Waals surface area contributed by atoms with Gasteiger partial charge in [0.15, 0.2) is 11.6 Å². The maximum absolute atomic E-state index is 13.1. The van der Waals surface area contributed by atoms with Crippen LogP contribution in [0.5, 0.6) is 0 Å². The highest BCUT2D eigenvalue weighted by atomic mass is 35.5. The average molecular weight is 328 g/mol. The maximum Gasteiger partial charge on any atom is 0.237 e. The number of amides is 1. The number of benzene rings is 2. The van der Waals surface area contributed by atoms with E-state index in [1.54, 1.807) is 31.2 Å². The van der Waals surface area contributed by atoms with E-state index in [0.29, 0.717) is 15.6 Å². The summed E-state index contributed by atoms with van der Waals surface area (Å²) in [6, 6.07) is 10.3.